The van der Waals surface area contributed by atoms with E-state index < -0.39 is 0 Å². The van der Waals surface area contributed by atoms with Gasteiger partial charge in [0.25, 0.3) is 0 Å². The Morgan fingerprint density at radius 1 is 1.20 bits per heavy atom. The lowest BCUT2D eigenvalue weighted by Crippen LogP contribution is -2.55. The lowest BCUT2D eigenvalue weighted by molar-refractivity contribution is -0.128. The SMILES string of the molecule is C=CC(=O)N1CCN(c2c(C#N)c(OC[C@@H]3CCCN3C)nc3cc(-c4cccc5c4C4CC4C5)c(Cl)cc23)C[C@@H]1CC#N. The topological polar surface area (TPSA) is 96.5 Å². The van der Waals surface area contributed by atoms with E-state index in [0.29, 0.717) is 59.8 Å². The number of amides is 1. The van der Waals surface area contributed by atoms with Crippen LogP contribution in [0.15, 0.2) is 43.0 Å². The van der Waals surface area contributed by atoms with Crippen LogP contribution in [-0.2, 0) is 11.2 Å². The number of anilines is 1. The molecular weight excluding hydrogens is 572 g/mol. The number of piperazine rings is 1. The van der Waals surface area contributed by atoms with E-state index in [1.807, 2.05) is 12.1 Å². The van der Waals surface area contributed by atoms with Gasteiger partial charge in [0, 0.05) is 41.6 Å². The van der Waals surface area contributed by atoms with Gasteiger partial charge in [-0.05, 0) is 86.0 Å². The zero-order valence-corrected chi connectivity index (χ0v) is 25.7. The van der Waals surface area contributed by atoms with Crippen molar-refractivity contribution in [1.82, 2.24) is 14.8 Å². The molecule has 4 atom stereocenters. The van der Waals surface area contributed by atoms with Crippen molar-refractivity contribution >= 4 is 34.1 Å². The standard InChI is InChI=1S/C35H35ClN6O2/c1-3-32(43)42-13-12-41(19-23(42)9-10-37)34-28-16-30(36)27(25-8-4-6-21-14-22-15-26(22)33(21)25)17-31(28)39-35(29(34)18-38)44-20-24-7-5-11-40(24)2/h3-4,6,8,16-17,22-24,26H,1,5,7,9,11-15,19-20H2,2H3/t22?,23-,24-,26?/m0/s1. The Morgan fingerprint density at radius 3 is 2.82 bits per heavy atom. The minimum atomic E-state index is -0.348. The van der Waals surface area contributed by atoms with Crippen molar-refractivity contribution in [2.45, 2.75) is 50.1 Å². The predicted octanol–water partition coefficient (Wildman–Crippen LogP) is 5.68. The number of pyridine rings is 1. The summed E-state index contributed by atoms with van der Waals surface area (Å²) in [6, 6.07) is 15.0. The summed E-state index contributed by atoms with van der Waals surface area (Å²) in [4.78, 5) is 23.7. The van der Waals surface area contributed by atoms with Crippen LogP contribution in [0, 0.1) is 28.6 Å². The third kappa shape index (κ3) is 4.87. The fourth-order valence-electron chi connectivity index (χ4n) is 7.67. The van der Waals surface area contributed by atoms with Crippen molar-refractivity contribution in [3.05, 3.63) is 64.7 Å². The van der Waals surface area contributed by atoms with Crippen LogP contribution < -0.4 is 9.64 Å². The third-order valence-corrected chi connectivity index (χ3v) is 10.4. The number of nitriles is 2. The van der Waals surface area contributed by atoms with Crippen LogP contribution in [0.4, 0.5) is 5.69 Å². The van der Waals surface area contributed by atoms with Gasteiger partial charge in [-0.1, -0.05) is 36.4 Å². The highest BCUT2D eigenvalue weighted by Crippen LogP contribution is 2.59. The summed E-state index contributed by atoms with van der Waals surface area (Å²) in [6.07, 6.45) is 5.98. The van der Waals surface area contributed by atoms with Gasteiger partial charge in [-0.15, -0.1) is 0 Å². The molecule has 3 aromatic rings. The Morgan fingerprint density at radius 2 is 2.07 bits per heavy atom. The second kappa shape index (κ2) is 11.4. The summed E-state index contributed by atoms with van der Waals surface area (Å²) in [7, 11) is 2.10. The molecule has 8 nitrogen and oxygen atoms in total. The number of fused-ring (bicyclic) bond motifs is 4. The number of benzene rings is 2. The van der Waals surface area contributed by atoms with Gasteiger partial charge in [-0.2, -0.15) is 10.5 Å². The quantitative estimate of drug-likeness (QED) is 0.319. The molecule has 1 aromatic heterocycles. The summed E-state index contributed by atoms with van der Waals surface area (Å²) >= 11 is 7.10. The van der Waals surface area contributed by atoms with Gasteiger partial charge in [0.05, 0.1) is 29.7 Å². The summed E-state index contributed by atoms with van der Waals surface area (Å²) in [5, 5.41) is 21.5. The molecule has 9 heteroatoms. The maximum absolute atomic E-state index is 12.6. The first kappa shape index (κ1) is 28.6. The fraction of sp³-hybridized carbons (Fsp3) is 0.429. The highest BCUT2D eigenvalue weighted by Gasteiger charge is 2.46. The van der Waals surface area contributed by atoms with E-state index >= 15 is 0 Å². The molecule has 2 unspecified atom stereocenters. The highest BCUT2D eigenvalue weighted by atomic mass is 35.5. The smallest absolute Gasteiger partial charge is 0.246 e. The number of rotatable bonds is 7. The Bertz CT molecular complexity index is 1760. The number of ether oxygens (including phenoxy) is 1. The number of aromatic nitrogens is 1. The number of hydrogen-bond acceptors (Lipinski definition) is 7. The monoisotopic (exact) mass is 606 g/mol. The van der Waals surface area contributed by atoms with E-state index in [2.05, 4.69) is 53.8 Å². The molecule has 224 valence electrons. The second-order valence-corrected chi connectivity index (χ2v) is 13.0. The first-order chi connectivity index (χ1) is 21.4. The van der Waals surface area contributed by atoms with E-state index in [1.54, 1.807) is 4.90 Å². The Labute approximate surface area is 263 Å². The summed E-state index contributed by atoms with van der Waals surface area (Å²) in [5.74, 6) is 1.46. The molecule has 0 spiro atoms. The molecular formula is C35H35ClN6O2. The molecule has 2 saturated heterocycles. The number of carbonyl (C=O) groups is 1. The minimum absolute atomic E-state index is 0.171. The first-order valence-corrected chi connectivity index (χ1v) is 15.9. The van der Waals surface area contributed by atoms with Crippen molar-refractivity contribution in [3.8, 4) is 29.1 Å². The number of hydrogen-bond donors (Lipinski definition) is 0. The minimum Gasteiger partial charge on any atom is -0.475 e. The van der Waals surface area contributed by atoms with Crippen molar-refractivity contribution < 1.29 is 9.53 Å². The zero-order valence-electron chi connectivity index (χ0n) is 24.9. The Balaban J connectivity index is 1.35. The summed E-state index contributed by atoms with van der Waals surface area (Å²) < 4.78 is 6.38. The van der Waals surface area contributed by atoms with Crippen LogP contribution in [0.2, 0.25) is 5.02 Å². The van der Waals surface area contributed by atoms with Crippen LogP contribution in [0.5, 0.6) is 5.88 Å². The van der Waals surface area contributed by atoms with E-state index in [-0.39, 0.29) is 24.4 Å². The summed E-state index contributed by atoms with van der Waals surface area (Å²) in [6.45, 7) is 6.38. The Kier molecular flexibility index (Phi) is 7.44. The maximum Gasteiger partial charge on any atom is 0.246 e. The maximum atomic E-state index is 12.6. The van der Waals surface area contributed by atoms with Crippen LogP contribution >= 0.6 is 11.6 Å². The molecule has 1 amide bonds. The molecule has 0 bridgehead atoms. The van der Waals surface area contributed by atoms with Gasteiger partial charge < -0.3 is 19.4 Å². The lowest BCUT2D eigenvalue weighted by Gasteiger charge is -2.42. The molecule has 7 rings (SSSR count). The highest BCUT2D eigenvalue weighted by molar-refractivity contribution is 6.34. The Hall–Kier alpha value is -4.11. The van der Waals surface area contributed by atoms with Crippen molar-refractivity contribution in [1.29, 1.82) is 10.5 Å². The van der Waals surface area contributed by atoms with Crippen LogP contribution in [-0.4, -0.2) is 72.6 Å². The largest absolute Gasteiger partial charge is 0.475 e. The summed E-state index contributed by atoms with van der Waals surface area (Å²) in [5.41, 5.74) is 6.67. The van der Waals surface area contributed by atoms with Gasteiger partial charge >= 0.3 is 0 Å². The molecule has 0 radical (unpaired) electrons. The van der Waals surface area contributed by atoms with E-state index in [1.165, 1.54) is 23.6 Å². The van der Waals surface area contributed by atoms with Crippen molar-refractivity contribution in [3.63, 3.8) is 0 Å². The molecule has 44 heavy (non-hydrogen) atoms. The number of nitrogens with zero attached hydrogens (tertiary/aromatic N) is 6. The molecule has 2 aromatic carbocycles. The van der Waals surface area contributed by atoms with Crippen molar-refractivity contribution in [2.75, 3.05) is 44.7 Å². The van der Waals surface area contributed by atoms with Crippen molar-refractivity contribution in [2.24, 2.45) is 5.92 Å². The lowest BCUT2D eigenvalue weighted by atomic mass is 9.93. The predicted molar refractivity (Wildman–Crippen MR) is 171 cm³/mol. The molecule has 3 fully saturated rings. The second-order valence-electron chi connectivity index (χ2n) is 12.6. The average molecular weight is 607 g/mol. The van der Waals surface area contributed by atoms with E-state index in [0.717, 1.165) is 48.2 Å². The molecule has 4 aliphatic rings. The molecule has 3 heterocycles. The third-order valence-electron chi connectivity index (χ3n) is 10.1. The van der Waals surface area contributed by atoms with Gasteiger partial charge in [-0.3, -0.25) is 4.79 Å². The average Bonchev–Trinajstić information content (AvgIpc) is 3.51. The molecule has 1 saturated carbocycles. The number of halogens is 1. The first-order valence-electron chi connectivity index (χ1n) is 15.5. The fourth-order valence-corrected chi connectivity index (χ4v) is 7.93. The number of carbonyl (C=O) groups excluding carboxylic acids is 1. The van der Waals surface area contributed by atoms with Gasteiger partial charge in [0.1, 0.15) is 18.2 Å². The van der Waals surface area contributed by atoms with Gasteiger partial charge in [-0.25, -0.2) is 4.98 Å². The zero-order chi connectivity index (χ0) is 30.5. The number of likely N-dealkylation sites (N-methyl/N-ethyl adjacent to an activating group) is 1. The molecule has 2 aliphatic heterocycles. The van der Waals surface area contributed by atoms with Crippen LogP contribution in [0.3, 0.4) is 0 Å². The number of likely N-dealkylation sites (tertiary alicyclic amines) is 1. The van der Waals surface area contributed by atoms with Gasteiger partial charge in [0.2, 0.25) is 11.8 Å². The van der Waals surface area contributed by atoms with E-state index in [9.17, 15) is 15.3 Å². The van der Waals surface area contributed by atoms with E-state index in [4.69, 9.17) is 21.3 Å². The van der Waals surface area contributed by atoms with Crippen LogP contribution in [0.25, 0.3) is 22.0 Å². The molecule has 0 N–H and O–H groups in total. The van der Waals surface area contributed by atoms with Gasteiger partial charge in [0.15, 0.2) is 0 Å². The van der Waals surface area contributed by atoms with Crippen LogP contribution in [0.1, 0.15) is 48.3 Å². The molecule has 2 aliphatic carbocycles. The normalized spacial score (nSPS) is 24.0.